The highest BCUT2D eigenvalue weighted by atomic mass is 16.3. The Morgan fingerprint density at radius 3 is 2.44 bits per heavy atom. The van der Waals surface area contributed by atoms with Crippen molar-refractivity contribution in [1.29, 1.82) is 0 Å². The number of hydrogen-bond donors (Lipinski definition) is 1. The molecule has 3 unspecified atom stereocenters. The molecule has 0 aromatic rings. The van der Waals surface area contributed by atoms with Crippen LogP contribution < -0.4 is 0 Å². The summed E-state index contributed by atoms with van der Waals surface area (Å²) in [6, 6.07) is 0. The molecule has 1 heterocycles. The molecule has 3 atom stereocenters. The van der Waals surface area contributed by atoms with Crippen molar-refractivity contribution in [1.82, 2.24) is 4.90 Å². The van der Waals surface area contributed by atoms with Gasteiger partial charge < -0.3 is 10.0 Å². The monoisotopic (exact) mass is 253 g/mol. The van der Waals surface area contributed by atoms with E-state index in [9.17, 15) is 5.11 Å². The van der Waals surface area contributed by atoms with E-state index in [1.807, 2.05) is 0 Å². The maximum absolute atomic E-state index is 10.1. The molecular weight excluding hydrogens is 222 g/mol. The molecule has 2 fully saturated rings. The molecule has 106 valence electrons. The highest BCUT2D eigenvalue weighted by molar-refractivity contribution is 4.84. The summed E-state index contributed by atoms with van der Waals surface area (Å²) in [5.41, 5.74) is 0.0309. The van der Waals surface area contributed by atoms with Crippen LogP contribution in [0.25, 0.3) is 0 Å². The Morgan fingerprint density at radius 1 is 1.11 bits per heavy atom. The number of fused-ring (bicyclic) bond motifs is 1. The van der Waals surface area contributed by atoms with E-state index in [-0.39, 0.29) is 11.5 Å². The second-order valence-electron chi connectivity index (χ2n) is 7.56. The Balaban J connectivity index is 1.74. The summed E-state index contributed by atoms with van der Waals surface area (Å²) in [5.74, 6) is 1.97. The third kappa shape index (κ3) is 3.71. The summed E-state index contributed by atoms with van der Waals surface area (Å²) in [6.07, 6.45) is 7.99. The van der Waals surface area contributed by atoms with Gasteiger partial charge in [0.2, 0.25) is 0 Å². The minimum absolute atomic E-state index is 0.0309. The molecule has 0 spiro atoms. The number of likely N-dealkylation sites (tertiary alicyclic amines) is 1. The third-order valence-electron chi connectivity index (χ3n) is 5.09. The van der Waals surface area contributed by atoms with E-state index < -0.39 is 0 Å². The van der Waals surface area contributed by atoms with Crippen molar-refractivity contribution >= 4 is 0 Å². The van der Waals surface area contributed by atoms with E-state index in [0.29, 0.717) is 0 Å². The maximum atomic E-state index is 10.1. The average molecular weight is 253 g/mol. The number of aliphatic hydroxyl groups excluding tert-OH is 1. The summed E-state index contributed by atoms with van der Waals surface area (Å²) in [5, 5.41) is 10.1. The highest BCUT2D eigenvalue weighted by Gasteiger charge is 2.31. The minimum Gasteiger partial charge on any atom is -0.393 e. The van der Waals surface area contributed by atoms with Crippen LogP contribution in [0.1, 0.15) is 59.3 Å². The van der Waals surface area contributed by atoms with Crippen molar-refractivity contribution in [2.75, 3.05) is 19.6 Å². The number of rotatable bonds is 3. The Labute approximate surface area is 113 Å². The predicted molar refractivity (Wildman–Crippen MR) is 76.6 cm³/mol. The number of nitrogens with zero attached hydrogens (tertiary/aromatic N) is 1. The molecule has 2 aliphatic rings. The van der Waals surface area contributed by atoms with Gasteiger partial charge in [0.25, 0.3) is 0 Å². The van der Waals surface area contributed by atoms with E-state index in [0.717, 1.165) is 24.8 Å². The van der Waals surface area contributed by atoms with E-state index >= 15 is 0 Å². The van der Waals surface area contributed by atoms with Crippen LogP contribution in [0.5, 0.6) is 0 Å². The van der Waals surface area contributed by atoms with Crippen molar-refractivity contribution in [2.45, 2.75) is 65.4 Å². The first-order valence-electron chi connectivity index (χ1n) is 7.87. The smallest absolute Gasteiger partial charge is 0.0600 e. The van der Waals surface area contributed by atoms with E-state index in [1.165, 1.54) is 45.2 Å². The van der Waals surface area contributed by atoms with Gasteiger partial charge in [-0.3, -0.25) is 0 Å². The first-order valence-corrected chi connectivity index (χ1v) is 7.87. The fourth-order valence-electron chi connectivity index (χ4n) is 3.62. The molecule has 1 N–H and O–H groups in total. The Morgan fingerprint density at radius 2 is 1.78 bits per heavy atom. The SMILES string of the molecule is CC(C)(C)C(O)CCN1CCC2CCCCC2C1. The highest BCUT2D eigenvalue weighted by Crippen LogP contribution is 2.36. The van der Waals surface area contributed by atoms with Crippen LogP contribution in [0.4, 0.5) is 0 Å². The van der Waals surface area contributed by atoms with Gasteiger partial charge in [-0.2, -0.15) is 0 Å². The molecule has 0 radical (unpaired) electrons. The van der Waals surface area contributed by atoms with Crippen molar-refractivity contribution in [2.24, 2.45) is 17.3 Å². The van der Waals surface area contributed by atoms with Crippen molar-refractivity contribution < 1.29 is 5.11 Å². The third-order valence-corrected chi connectivity index (χ3v) is 5.09. The fraction of sp³-hybridized carbons (Fsp3) is 1.00. The summed E-state index contributed by atoms with van der Waals surface area (Å²) in [4.78, 5) is 2.60. The summed E-state index contributed by atoms with van der Waals surface area (Å²) >= 11 is 0. The van der Waals surface area contributed by atoms with Crippen LogP contribution in [0.3, 0.4) is 0 Å². The van der Waals surface area contributed by atoms with Gasteiger partial charge in [0.15, 0.2) is 0 Å². The molecule has 1 aliphatic carbocycles. The van der Waals surface area contributed by atoms with Crippen LogP contribution in [0.2, 0.25) is 0 Å². The fourth-order valence-corrected chi connectivity index (χ4v) is 3.62. The number of hydrogen-bond acceptors (Lipinski definition) is 2. The molecule has 0 aromatic carbocycles. The van der Waals surface area contributed by atoms with Crippen molar-refractivity contribution in [3.63, 3.8) is 0 Å². The molecule has 1 saturated carbocycles. The summed E-state index contributed by atoms with van der Waals surface area (Å²) in [6.45, 7) is 10.0. The normalized spacial score (nSPS) is 32.0. The van der Waals surface area contributed by atoms with Crippen LogP contribution in [0, 0.1) is 17.3 Å². The van der Waals surface area contributed by atoms with E-state index in [2.05, 4.69) is 25.7 Å². The van der Waals surface area contributed by atoms with Gasteiger partial charge >= 0.3 is 0 Å². The van der Waals surface area contributed by atoms with Crippen molar-refractivity contribution in [3.8, 4) is 0 Å². The Kier molecular flexibility index (Phi) is 4.71. The van der Waals surface area contributed by atoms with Gasteiger partial charge in [-0.25, -0.2) is 0 Å². The maximum Gasteiger partial charge on any atom is 0.0600 e. The van der Waals surface area contributed by atoms with E-state index in [1.54, 1.807) is 0 Å². The molecule has 0 bridgehead atoms. The molecular formula is C16H31NO. The quantitative estimate of drug-likeness (QED) is 0.834. The molecule has 2 rings (SSSR count). The molecule has 0 amide bonds. The molecule has 2 nitrogen and oxygen atoms in total. The molecule has 2 heteroatoms. The first kappa shape index (κ1) is 14.3. The van der Waals surface area contributed by atoms with Gasteiger partial charge in [0.05, 0.1) is 6.10 Å². The molecule has 0 aromatic heterocycles. The second-order valence-corrected chi connectivity index (χ2v) is 7.56. The average Bonchev–Trinajstić information content (AvgIpc) is 2.34. The van der Waals surface area contributed by atoms with Gasteiger partial charge in [0.1, 0.15) is 0 Å². The second kappa shape index (κ2) is 5.92. The lowest BCUT2D eigenvalue weighted by molar-refractivity contribution is 0.0301. The lowest BCUT2D eigenvalue weighted by atomic mass is 9.75. The van der Waals surface area contributed by atoms with Crippen LogP contribution >= 0.6 is 0 Å². The standard InChI is InChI=1S/C16H31NO/c1-16(2,3)15(18)9-11-17-10-8-13-6-4-5-7-14(13)12-17/h13-15,18H,4-12H2,1-3H3. The topological polar surface area (TPSA) is 23.5 Å². The van der Waals surface area contributed by atoms with Gasteiger partial charge in [-0.1, -0.05) is 40.0 Å². The predicted octanol–water partition coefficient (Wildman–Crippen LogP) is 3.30. The van der Waals surface area contributed by atoms with E-state index in [4.69, 9.17) is 0 Å². The lowest BCUT2D eigenvalue weighted by Crippen LogP contribution is -2.43. The lowest BCUT2D eigenvalue weighted by Gasteiger charge is -2.42. The van der Waals surface area contributed by atoms with Crippen LogP contribution in [-0.4, -0.2) is 35.7 Å². The van der Waals surface area contributed by atoms with Gasteiger partial charge in [0, 0.05) is 13.1 Å². The van der Waals surface area contributed by atoms with Crippen LogP contribution in [0.15, 0.2) is 0 Å². The zero-order valence-electron chi connectivity index (χ0n) is 12.5. The minimum atomic E-state index is -0.165. The van der Waals surface area contributed by atoms with Gasteiger partial charge in [-0.15, -0.1) is 0 Å². The largest absolute Gasteiger partial charge is 0.393 e. The molecule has 1 saturated heterocycles. The number of piperidine rings is 1. The number of aliphatic hydroxyl groups is 1. The zero-order chi connectivity index (χ0) is 13.2. The van der Waals surface area contributed by atoms with Crippen LogP contribution in [-0.2, 0) is 0 Å². The Bertz CT molecular complexity index is 258. The summed E-state index contributed by atoms with van der Waals surface area (Å²) < 4.78 is 0. The molecule has 1 aliphatic heterocycles. The Hall–Kier alpha value is -0.0800. The zero-order valence-corrected chi connectivity index (χ0v) is 12.5. The van der Waals surface area contributed by atoms with Gasteiger partial charge in [-0.05, 0) is 43.1 Å². The van der Waals surface area contributed by atoms with Crippen molar-refractivity contribution in [3.05, 3.63) is 0 Å². The molecule has 18 heavy (non-hydrogen) atoms. The summed E-state index contributed by atoms with van der Waals surface area (Å²) in [7, 11) is 0. The first-order chi connectivity index (χ1) is 8.47.